The fourth-order valence-electron chi connectivity index (χ4n) is 2.72. The maximum absolute atomic E-state index is 12.0. The highest BCUT2D eigenvalue weighted by molar-refractivity contribution is 5.96. The van der Waals surface area contributed by atoms with Gasteiger partial charge in [0.25, 0.3) is 0 Å². The summed E-state index contributed by atoms with van der Waals surface area (Å²) in [7, 11) is 0. The molecule has 1 heteroatoms. The molecule has 0 radical (unpaired) electrons. The van der Waals surface area contributed by atoms with Crippen molar-refractivity contribution in [1.29, 1.82) is 0 Å². The van der Waals surface area contributed by atoms with E-state index < -0.39 is 0 Å². The second kappa shape index (κ2) is 7.47. The summed E-state index contributed by atoms with van der Waals surface area (Å²) in [6.07, 6.45) is 10.8. The van der Waals surface area contributed by atoms with E-state index in [0.717, 1.165) is 17.9 Å². The molecule has 0 aliphatic heterocycles. The van der Waals surface area contributed by atoms with Crippen LogP contribution in [0.3, 0.4) is 0 Å². The van der Waals surface area contributed by atoms with Crippen LogP contribution in [0.25, 0.3) is 0 Å². The average molecular weight is 258 g/mol. The minimum Gasteiger partial charge on any atom is -0.294 e. The van der Waals surface area contributed by atoms with Crippen LogP contribution in [0.1, 0.15) is 86.6 Å². The molecule has 1 nitrogen and oxygen atoms in total. The lowest BCUT2D eigenvalue weighted by Crippen LogP contribution is -2.09. The van der Waals surface area contributed by atoms with E-state index in [1.54, 1.807) is 0 Å². The van der Waals surface area contributed by atoms with Gasteiger partial charge in [0.15, 0.2) is 5.78 Å². The number of rotatable bonds is 8. The van der Waals surface area contributed by atoms with Gasteiger partial charge in [0.05, 0.1) is 0 Å². The molecule has 1 aromatic carbocycles. The normalized spacial score (nSPS) is 15.2. The average Bonchev–Trinajstić information content (AvgIpc) is 2.37. The summed E-state index contributed by atoms with van der Waals surface area (Å²) < 4.78 is 0. The molecule has 0 saturated heterocycles. The van der Waals surface area contributed by atoms with Crippen LogP contribution in [-0.2, 0) is 0 Å². The highest BCUT2D eigenvalue weighted by Gasteiger charge is 2.19. The van der Waals surface area contributed by atoms with Crippen LogP contribution >= 0.6 is 0 Å². The van der Waals surface area contributed by atoms with Crippen LogP contribution in [0.5, 0.6) is 0 Å². The zero-order valence-corrected chi connectivity index (χ0v) is 12.2. The summed E-state index contributed by atoms with van der Waals surface area (Å²) in [6.45, 7) is 2.22. The summed E-state index contributed by atoms with van der Waals surface area (Å²) in [6, 6.07) is 8.38. The van der Waals surface area contributed by atoms with Crippen molar-refractivity contribution in [3.8, 4) is 0 Å². The molecule has 0 spiro atoms. The fourth-order valence-corrected chi connectivity index (χ4v) is 2.72. The number of ketones is 1. The van der Waals surface area contributed by atoms with Crippen molar-refractivity contribution in [1.82, 2.24) is 0 Å². The molecule has 1 aliphatic rings. The van der Waals surface area contributed by atoms with Crippen LogP contribution in [0, 0.1) is 0 Å². The number of Topliss-reactive ketones (excluding diaryl/α,β-unsaturated/α-hetero) is 1. The van der Waals surface area contributed by atoms with E-state index in [2.05, 4.69) is 19.1 Å². The van der Waals surface area contributed by atoms with Gasteiger partial charge in [0.2, 0.25) is 0 Å². The summed E-state index contributed by atoms with van der Waals surface area (Å²) in [4.78, 5) is 12.0. The number of unbranched alkanes of at least 4 members (excludes halogenated alkanes) is 4. The van der Waals surface area contributed by atoms with Crippen LogP contribution in [-0.4, -0.2) is 5.78 Å². The predicted octanol–water partition coefficient (Wildman–Crippen LogP) is 5.50. The Hall–Kier alpha value is -1.11. The van der Waals surface area contributed by atoms with E-state index in [4.69, 9.17) is 0 Å². The van der Waals surface area contributed by atoms with E-state index in [1.165, 1.54) is 50.5 Å². The molecule has 1 aromatic rings. The van der Waals surface area contributed by atoms with Crippen molar-refractivity contribution >= 4 is 5.78 Å². The first-order chi connectivity index (χ1) is 9.31. The van der Waals surface area contributed by atoms with Crippen LogP contribution in [0.4, 0.5) is 0 Å². The highest BCUT2D eigenvalue weighted by atomic mass is 16.1. The highest BCUT2D eigenvalue weighted by Crippen LogP contribution is 2.36. The van der Waals surface area contributed by atoms with Gasteiger partial charge in [0, 0.05) is 12.0 Å². The molecule has 19 heavy (non-hydrogen) atoms. The lowest BCUT2D eigenvalue weighted by atomic mass is 9.80. The second-order valence-electron chi connectivity index (χ2n) is 5.84. The van der Waals surface area contributed by atoms with E-state index in [9.17, 15) is 4.79 Å². The van der Waals surface area contributed by atoms with Crippen molar-refractivity contribution in [2.45, 2.75) is 70.6 Å². The first kappa shape index (κ1) is 14.3. The van der Waals surface area contributed by atoms with Crippen LogP contribution in [0.15, 0.2) is 24.3 Å². The molecule has 1 fully saturated rings. The number of benzene rings is 1. The first-order valence-corrected chi connectivity index (χ1v) is 7.94. The van der Waals surface area contributed by atoms with Gasteiger partial charge < -0.3 is 0 Å². The maximum atomic E-state index is 12.0. The summed E-state index contributed by atoms with van der Waals surface area (Å²) in [5.74, 6) is 1.08. The molecule has 0 bridgehead atoms. The van der Waals surface area contributed by atoms with Gasteiger partial charge in [-0.1, -0.05) is 63.3 Å². The molecule has 104 valence electrons. The van der Waals surface area contributed by atoms with E-state index in [-0.39, 0.29) is 0 Å². The maximum Gasteiger partial charge on any atom is 0.162 e. The number of carbonyl (C=O) groups excluding carboxylic acids is 1. The van der Waals surface area contributed by atoms with Crippen molar-refractivity contribution < 1.29 is 4.79 Å². The Labute approximate surface area is 117 Å². The van der Waals surface area contributed by atoms with Crippen molar-refractivity contribution in [3.05, 3.63) is 35.4 Å². The Morgan fingerprint density at radius 3 is 2.32 bits per heavy atom. The minimum atomic E-state index is 0.316. The van der Waals surface area contributed by atoms with E-state index in [1.807, 2.05) is 12.1 Å². The topological polar surface area (TPSA) is 17.1 Å². The minimum absolute atomic E-state index is 0.316. The van der Waals surface area contributed by atoms with Crippen LogP contribution < -0.4 is 0 Å². The second-order valence-corrected chi connectivity index (χ2v) is 5.84. The smallest absolute Gasteiger partial charge is 0.162 e. The Balaban J connectivity index is 1.75. The standard InChI is InChI=1S/C18H26O/c1-2-3-4-5-6-10-18(19)17-13-11-16(12-14-17)15-8-7-9-15/h11-15H,2-10H2,1H3. The third-order valence-electron chi connectivity index (χ3n) is 4.32. The van der Waals surface area contributed by atoms with Crippen molar-refractivity contribution in [2.75, 3.05) is 0 Å². The molecule has 0 amide bonds. The van der Waals surface area contributed by atoms with Gasteiger partial charge in [-0.25, -0.2) is 0 Å². The molecule has 0 heterocycles. The molecule has 2 rings (SSSR count). The largest absolute Gasteiger partial charge is 0.294 e. The number of carbonyl (C=O) groups is 1. The Kier molecular flexibility index (Phi) is 5.62. The Morgan fingerprint density at radius 2 is 1.74 bits per heavy atom. The molecular weight excluding hydrogens is 232 g/mol. The fraction of sp³-hybridized carbons (Fsp3) is 0.611. The van der Waals surface area contributed by atoms with Gasteiger partial charge in [-0.3, -0.25) is 4.79 Å². The Morgan fingerprint density at radius 1 is 1.05 bits per heavy atom. The van der Waals surface area contributed by atoms with Gasteiger partial charge in [-0.2, -0.15) is 0 Å². The molecular formula is C18H26O. The van der Waals surface area contributed by atoms with Gasteiger partial charge >= 0.3 is 0 Å². The van der Waals surface area contributed by atoms with Gasteiger partial charge in [-0.05, 0) is 30.7 Å². The SMILES string of the molecule is CCCCCCCC(=O)c1ccc(C2CCC2)cc1. The monoisotopic (exact) mass is 258 g/mol. The molecule has 0 aromatic heterocycles. The zero-order chi connectivity index (χ0) is 13.5. The first-order valence-electron chi connectivity index (χ1n) is 7.94. The van der Waals surface area contributed by atoms with E-state index in [0.29, 0.717) is 12.2 Å². The molecule has 1 saturated carbocycles. The van der Waals surface area contributed by atoms with Crippen molar-refractivity contribution in [3.63, 3.8) is 0 Å². The lowest BCUT2D eigenvalue weighted by Gasteiger charge is -2.25. The third-order valence-corrected chi connectivity index (χ3v) is 4.32. The molecule has 0 N–H and O–H groups in total. The third kappa shape index (κ3) is 4.19. The lowest BCUT2D eigenvalue weighted by molar-refractivity contribution is 0.0979. The quantitative estimate of drug-likeness (QED) is 0.444. The summed E-state index contributed by atoms with van der Waals surface area (Å²) in [5.41, 5.74) is 2.32. The summed E-state index contributed by atoms with van der Waals surface area (Å²) >= 11 is 0. The zero-order valence-electron chi connectivity index (χ0n) is 12.2. The van der Waals surface area contributed by atoms with Gasteiger partial charge in [-0.15, -0.1) is 0 Å². The van der Waals surface area contributed by atoms with Gasteiger partial charge in [0.1, 0.15) is 0 Å². The van der Waals surface area contributed by atoms with Crippen molar-refractivity contribution in [2.24, 2.45) is 0 Å². The summed E-state index contributed by atoms with van der Waals surface area (Å²) in [5, 5.41) is 0. The van der Waals surface area contributed by atoms with E-state index >= 15 is 0 Å². The van der Waals surface area contributed by atoms with Crippen LogP contribution in [0.2, 0.25) is 0 Å². The molecule has 0 atom stereocenters. The molecule has 0 unspecified atom stereocenters. The number of hydrogen-bond acceptors (Lipinski definition) is 1. The Bertz CT molecular complexity index is 387. The number of hydrogen-bond donors (Lipinski definition) is 0. The molecule has 1 aliphatic carbocycles. The predicted molar refractivity (Wildman–Crippen MR) is 80.7 cm³/mol.